The van der Waals surface area contributed by atoms with E-state index in [4.69, 9.17) is 0 Å². The van der Waals surface area contributed by atoms with Crippen molar-refractivity contribution in [2.75, 3.05) is 7.05 Å². The fourth-order valence-corrected chi connectivity index (χ4v) is 3.52. The Labute approximate surface area is 112 Å². The topological polar surface area (TPSA) is 12.0 Å². The van der Waals surface area contributed by atoms with Crippen LogP contribution in [0.2, 0.25) is 0 Å². The van der Waals surface area contributed by atoms with Gasteiger partial charge in [0, 0.05) is 6.04 Å². The second kappa shape index (κ2) is 5.88. The van der Waals surface area contributed by atoms with Crippen LogP contribution in [-0.4, -0.2) is 7.05 Å². The summed E-state index contributed by atoms with van der Waals surface area (Å²) in [4.78, 5) is 0. The molecule has 100 valence electrons. The number of rotatable bonds is 3. The van der Waals surface area contributed by atoms with Gasteiger partial charge in [-0.15, -0.1) is 0 Å². The highest BCUT2D eigenvalue weighted by molar-refractivity contribution is 5.33. The third-order valence-electron chi connectivity index (χ3n) is 4.53. The lowest BCUT2D eigenvalue weighted by Gasteiger charge is -2.34. The summed E-state index contributed by atoms with van der Waals surface area (Å²) >= 11 is 0. The lowest BCUT2D eigenvalue weighted by Crippen LogP contribution is -2.29. The Balaban J connectivity index is 2.24. The number of hydrogen-bond donors (Lipinski definition) is 1. The monoisotopic (exact) mass is 245 g/mol. The minimum atomic E-state index is 0.535. The Morgan fingerprint density at radius 3 is 2.67 bits per heavy atom. The molecule has 0 amide bonds. The predicted molar refractivity (Wildman–Crippen MR) is 78.8 cm³/mol. The van der Waals surface area contributed by atoms with Crippen LogP contribution in [-0.2, 0) is 0 Å². The first-order valence-electron chi connectivity index (χ1n) is 7.36. The first kappa shape index (κ1) is 13.6. The van der Waals surface area contributed by atoms with Crippen LogP contribution in [0.4, 0.5) is 0 Å². The van der Waals surface area contributed by atoms with Crippen molar-refractivity contribution in [1.82, 2.24) is 5.32 Å². The van der Waals surface area contributed by atoms with Crippen molar-refractivity contribution in [3.63, 3.8) is 0 Å². The molecule has 0 bridgehead atoms. The highest BCUT2D eigenvalue weighted by Crippen LogP contribution is 2.38. The lowest BCUT2D eigenvalue weighted by atomic mass is 9.76. The Morgan fingerprint density at radius 1 is 1.22 bits per heavy atom. The maximum absolute atomic E-state index is 3.58. The van der Waals surface area contributed by atoms with Gasteiger partial charge in [-0.2, -0.15) is 0 Å². The van der Waals surface area contributed by atoms with Crippen LogP contribution in [0.25, 0.3) is 0 Å². The average molecular weight is 245 g/mol. The highest BCUT2D eigenvalue weighted by atomic mass is 14.9. The number of aryl methyl sites for hydroxylation is 2. The van der Waals surface area contributed by atoms with Crippen LogP contribution in [0.1, 0.15) is 55.3 Å². The molecule has 1 nitrogen and oxygen atoms in total. The van der Waals surface area contributed by atoms with E-state index in [0.717, 1.165) is 11.8 Å². The summed E-state index contributed by atoms with van der Waals surface area (Å²) in [6, 6.07) is 7.39. The Kier molecular flexibility index (Phi) is 4.45. The largest absolute Gasteiger partial charge is 0.313 e. The van der Waals surface area contributed by atoms with Gasteiger partial charge in [-0.3, -0.25) is 0 Å². The maximum Gasteiger partial charge on any atom is 0.0348 e. The van der Waals surface area contributed by atoms with Crippen LogP contribution < -0.4 is 5.32 Å². The summed E-state index contributed by atoms with van der Waals surface area (Å²) in [7, 11) is 2.12. The summed E-state index contributed by atoms with van der Waals surface area (Å²) in [6.07, 6.45) is 5.57. The molecule has 1 saturated carbocycles. The minimum absolute atomic E-state index is 0.535. The lowest BCUT2D eigenvalue weighted by molar-refractivity contribution is 0.229. The number of hydrogen-bond acceptors (Lipinski definition) is 1. The van der Waals surface area contributed by atoms with E-state index in [-0.39, 0.29) is 0 Å². The van der Waals surface area contributed by atoms with Gasteiger partial charge >= 0.3 is 0 Å². The van der Waals surface area contributed by atoms with Crippen molar-refractivity contribution < 1.29 is 0 Å². The summed E-state index contributed by atoms with van der Waals surface area (Å²) in [5.41, 5.74) is 4.31. The summed E-state index contributed by atoms with van der Waals surface area (Å²) in [5, 5.41) is 3.58. The molecule has 1 heteroatoms. The van der Waals surface area contributed by atoms with Gasteiger partial charge in [0.05, 0.1) is 0 Å². The van der Waals surface area contributed by atoms with Crippen molar-refractivity contribution in [2.24, 2.45) is 11.8 Å². The van der Waals surface area contributed by atoms with Gasteiger partial charge in [-0.1, -0.05) is 43.5 Å². The van der Waals surface area contributed by atoms with Crippen LogP contribution in [0.5, 0.6) is 0 Å². The molecule has 0 radical (unpaired) electrons. The van der Waals surface area contributed by atoms with E-state index in [1.165, 1.54) is 42.4 Å². The average Bonchev–Trinajstić information content (AvgIpc) is 2.35. The molecule has 1 aromatic rings. The zero-order chi connectivity index (χ0) is 13.1. The second-order valence-corrected chi connectivity index (χ2v) is 6.16. The Bertz CT molecular complexity index is 397. The van der Waals surface area contributed by atoms with Gasteiger partial charge < -0.3 is 5.32 Å². The summed E-state index contributed by atoms with van der Waals surface area (Å²) in [5.74, 6) is 1.70. The minimum Gasteiger partial charge on any atom is -0.313 e. The van der Waals surface area contributed by atoms with E-state index in [1.807, 2.05) is 0 Å². The van der Waals surface area contributed by atoms with Gasteiger partial charge in [0.2, 0.25) is 0 Å². The van der Waals surface area contributed by atoms with Crippen molar-refractivity contribution in [1.29, 1.82) is 0 Å². The molecule has 1 fully saturated rings. The summed E-state index contributed by atoms with van der Waals surface area (Å²) in [6.45, 7) is 6.84. The van der Waals surface area contributed by atoms with Crippen molar-refractivity contribution >= 4 is 0 Å². The predicted octanol–water partition coefficient (Wildman–Crippen LogP) is 4.39. The van der Waals surface area contributed by atoms with Crippen molar-refractivity contribution in [3.8, 4) is 0 Å². The molecule has 0 saturated heterocycles. The Hall–Kier alpha value is -0.820. The van der Waals surface area contributed by atoms with E-state index in [0.29, 0.717) is 6.04 Å². The summed E-state index contributed by atoms with van der Waals surface area (Å²) < 4.78 is 0. The van der Waals surface area contributed by atoms with Gasteiger partial charge in [0.25, 0.3) is 0 Å². The first-order valence-corrected chi connectivity index (χ1v) is 7.36. The van der Waals surface area contributed by atoms with Crippen LogP contribution in [0.3, 0.4) is 0 Å². The second-order valence-electron chi connectivity index (χ2n) is 6.16. The SMILES string of the molecule is CNC(c1cc(C)ccc1C)C1CCCC(C)C1. The van der Waals surface area contributed by atoms with Gasteiger partial charge in [-0.05, 0) is 56.7 Å². The van der Waals surface area contributed by atoms with Crippen LogP contribution in [0, 0.1) is 25.7 Å². The standard InChI is InChI=1S/C17H27N/c1-12-6-5-7-15(10-12)17(18-4)16-11-13(2)8-9-14(16)3/h8-9,11-12,15,17-18H,5-7,10H2,1-4H3. The van der Waals surface area contributed by atoms with Gasteiger partial charge in [-0.25, -0.2) is 0 Å². The van der Waals surface area contributed by atoms with Crippen molar-refractivity contribution in [2.45, 2.75) is 52.5 Å². The molecule has 3 unspecified atom stereocenters. The fourth-order valence-electron chi connectivity index (χ4n) is 3.52. The molecular formula is C17H27N. The molecule has 18 heavy (non-hydrogen) atoms. The molecular weight excluding hydrogens is 218 g/mol. The van der Waals surface area contributed by atoms with E-state index in [2.05, 4.69) is 51.3 Å². The smallest absolute Gasteiger partial charge is 0.0348 e. The highest BCUT2D eigenvalue weighted by Gasteiger charge is 2.27. The quantitative estimate of drug-likeness (QED) is 0.832. The normalized spacial score (nSPS) is 26.0. The molecule has 0 heterocycles. The molecule has 0 aromatic heterocycles. The third kappa shape index (κ3) is 2.95. The zero-order valence-electron chi connectivity index (χ0n) is 12.3. The maximum atomic E-state index is 3.58. The molecule has 1 aliphatic carbocycles. The molecule has 1 aliphatic rings. The molecule has 0 spiro atoms. The van der Waals surface area contributed by atoms with Crippen molar-refractivity contribution in [3.05, 3.63) is 34.9 Å². The van der Waals surface area contributed by atoms with E-state index in [1.54, 1.807) is 0 Å². The molecule has 3 atom stereocenters. The molecule has 2 rings (SSSR count). The molecule has 1 aromatic carbocycles. The first-order chi connectivity index (χ1) is 8.61. The van der Waals surface area contributed by atoms with Gasteiger partial charge in [0.1, 0.15) is 0 Å². The molecule has 0 aliphatic heterocycles. The van der Waals surface area contributed by atoms with E-state index >= 15 is 0 Å². The van der Waals surface area contributed by atoms with E-state index in [9.17, 15) is 0 Å². The molecule has 1 N–H and O–H groups in total. The Morgan fingerprint density at radius 2 is 2.00 bits per heavy atom. The number of benzene rings is 1. The van der Waals surface area contributed by atoms with Crippen LogP contribution >= 0.6 is 0 Å². The van der Waals surface area contributed by atoms with Gasteiger partial charge in [0.15, 0.2) is 0 Å². The zero-order valence-corrected chi connectivity index (χ0v) is 12.3. The third-order valence-corrected chi connectivity index (χ3v) is 4.53. The number of nitrogens with one attached hydrogen (secondary N) is 1. The fraction of sp³-hybridized carbons (Fsp3) is 0.647. The van der Waals surface area contributed by atoms with Crippen LogP contribution in [0.15, 0.2) is 18.2 Å². The van der Waals surface area contributed by atoms with E-state index < -0.39 is 0 Å².